The summed E-state index contributed by atoms with van der Waals surface area (Å²) in [4.78, 5) is 0. The average Bonchev–Trinajstić information content (AvgIpc) is 2.23. The lowest BCUT2D eigenvalue weighted by atomic mass is 9.86. The maximum absolute atomic E-state index is 9.90. The van der Waals surface area contributed by atoms with Crippen molar-refractivity contribution >= 4 is 0 Å². The van der Waals surface area contributed by atoms with Gasteiger partial charge in [0.1, 0.15) is 0 Å². The molecule has 1 aromatic rings. The van der Waals surface area contributed by atoms with E-state index in [0.29, 0.717) is 0 Å². The second kappa shape index (κ2) is 4.03. The first kappa shape index (κ1) is 10.2. The van der Waals surface area contributed by atoms with Crippen molar-refractivity contribution in [2.24, 2.45) is 0 Å². The number of hydrogen-bond donors (Lipinski definition) is 1. The van der Waals surface area contributed by atoms with Crippen LogP contribution in [0.15, 0.2) is 42.5 Å². The van der Waals surface area contributed by atoms with Gasteiger partial charge in [-0.3, -0.25) is 0 Å². The van der Waals surface area contributed by atoms with Gasteiger partial charge in [-0.1, -0.05) is 42.5 Å². The highest BCUT2D eigenvalue weighted by atomic mass is 16.3. The van der Waals surface area contributed by atoms with Gasteiger partial charge in [0.2, 0.25) is 0 Å². The van der Waals surface area contributed by atoms with Crippen LogP contribution in [0.2, 0.25) is 0 Å². The summed E-state index contributed by atoms with van der Waals surface area (Å²) in [6.45, 7) is 4.22. The quantitative estimate of drug-likeness (QED) is 0.739. The van der Waals surface area contributed by atoms with Gasteiger partial charge in [0.05, 0.1) is 6.10 Å². The lowest BCUT2D eigenvalue weighted by Crippen LogP contribution is -2.17. The number of rotatable bonds is 1. The maximum Gasteiger partial charge on any atom is 0.0827 e. The third-order valence-electron chi connectivity index (χ3n) is 3.11. The molecule has 0 aromatic heterocycles. The lowest BCUT2D eigenvalue weighted by molar-refractivity contribution is 0.205. The molecule has 0 fully saturated rings. The smallest absolute Gasteiger partial charge is 0.0827 e. The van der Waals surface area contributed by atoms with E-state index in [0.717, 1.165) is 0 Å². The Morgan fingerprint density at radius 2 is 1.80 bits per heavy atom. The Kier molecular flexibility index (Phi) is 2.74. The van der Waals surface area contributed by atoms with Crippen LogP contribution in [-0.2, 0) is 0 Å². The molecule has 15 heavy (non-hydrogen) atoms. The minimum Gasteiger partial charge on any atom is -0.388 e. The molecule has 0 saturated carbocycles. The number of aliphatic hydroxyl groups is 1. The third kappa shape index (κ3) is 1.88. The van der Waals surface area contributed by atoms with Crippen molar-refractivity contribution in [3.63, 3.8) is 0 Å². The van der Waals surface area contributed by atoms with Crippen molar-refractivity contribution in [3.05, 3.63) is 59.2 Å². The Labute approximate surface area is 90.8 Å². The number of allylic oxidation sites excluding steroid dienone is 2. The molecule has 0 heterocycles. The van der Waals surface area contributed by atoms with Gasteiger partial charge < -0.3 is 5.11 Å². The van der Waals surface area contributed by atoms with E-state index >= 15 is 0 Å². The van der Waals surface area contributed by atoms with E-state index in [1.165, 1.54) is 16.7 Å². The van der Waals surface area contributed by atoms with Gasteiger partial charge in [-0.05, 0) is 30.5 Å². The van der Waals surface area contributed by atoms with Crippen molar-refractivity contribution in [2.75, 3.05) is 0 Å². The van der Waals surface area contributed by atoms with E-state index < -0.39 is 6.10 Å². The first-order valence-electron chi connectivity index (χ1n) is 5.29. The number of aryl methyl sites for hydroxylation is 1. The number of hydrogen-bond acceptors (Lipinski definition) is 1. The molecule has 78 valence electrons. The summed E-state index contributed by atoms with van der Waals surface area (Å²) in [6, 6.07) is 6.25. The minimum atomic E-state index is -0.393. The van der Waals surface area contributed by atoms with Gasteiger partial charge in [-0.2, -0.15) is 0 Å². The zero-order valence-corrected chi connectivity index (χ0v) is 9.14. The lowest BCUT2D eigenvalue weighted by Gasteiger charge is -2.22. The van der Waals surface area contributed by atoms with Crippen molar-refractivity contribution in [1.29, 1.82) is 0 Å². The Bertz CT molecular complexity index is 415. The maximum atomic E-state index is 9.90. The zero-order chi connectivity index (χ0) is 10.8. The van der Waals surface area contributed by atoms with Crippen molar-refractivity contribution in [3.8, 4) is 0 Å². The summed E-state index contributed by atoms with van der Waals surface area (Å²) in [5.41, 5.74) is 3.78. The summed E-state index contributed by atoms with van der Waals surface area (Å²) in [5.74, 6) is 0.106. The second-order valence-corrected chi connectivity index (χ2v) is 4.08. The van der Waals surface area contributed by atoms with Crippen LogP contribution in [0.1, 0.15) is 22.6 Å². The highest BCUT2D eigenvalue weighted by Gasteiger charge is 2.19. The Morgan fingerprint density at radius 1 is 1.07 bits per heavy atom. The van der Waals surface area contributed by atoms with Crippen LogP contribution >= 0.6 is 0 Å². The van der Waals surface area contributed by atoms with E-state index in [2.05, 4.69) is 38.1 Å². The first-order valence-corrected chi connectivity index (χ1v) is 5.29. The van der Waals surface area contributed by atoms with E-state index in [1.807, 2.05) is 18.2 Å². The molecule has 2 rings (SSSR count). The summed E-state index contributed by atoms with van der Waals surface area (Å²) in [7, 11) is 0. The van der Waals surface area contributed by atoms with Crippen molar-refractivity contribution < 1.29 is 5.11 Å². The zero-order valence-electron chi connectivity index (χ0n) is 9.14. The molecule has 2 unspecified atom stereocenters. The van der Waals surface area contributed by atoms with E-state index in [4.69, 9.17) is 0 Å². The van der Waals surface area contributed by atoms with Crippen LogP contribution in [0.3, 0.4) is 0 Å². The molecule has 1 aromatic carbocycles. The largest absolute Gasteiger partial charge is 0.388 e. The average molecular weight is 200 g/mol. The van der Waals surface area contributed by atoms with E-state index in [-0.39, 0.29) is 5.92 Å². The Hall–Kier alpha value is -1.34. The highest BCUT2D eigenvalue weighted by molar-refractivity contribution is 5.40. The standard InChI is InChI=1S/C14H16O/c1-10-6-5-8-12(11(10)2)13-7-3-4-9-14(13)15/h3-9,13-15H,1-2H3. The number of benzene rings is 1. The molecule has 0 radical (unpaired) electrons. The Balaban J connectivity index is 2.41. The van der Waals surface area contributed by atoms with Crippen molar-refractivity contribution in [1.82, 2.24) is 0 Å². The predicted octanol–water partition coefficient (Wildman–Crippen LogP) is 2.87. The van der Waals surface area contributed by atoms with Crippen LogP contribution in [-0.4, -0.2) is 11.2 Å². The van der Waals surface area contributed by atoms with E-state index in [1.54, 1.807) is 0 Å². The minimum absolute atomic E-state index is 0.106. The molecule has 0 saturated heterocycles. The van der Waals surface area contributed by atoms with Gasteiger partial charge in [0, 0.05) is 5.92 Å². The molecule has 2 atom stereocenters. The molecule has 1 heteroatoms. The van der Waals surface area contributed by atoms with Gasteiger partial charge >= 0.3 is 0 Å². The van der Waals surface area contributed by atoms with Gasteiger partial charge in [-0.25, -0.2) is 0 Å². The second-order valence-electron chi connectivity index (χ2n) is 4.08. The summed E-state index contributed by atoms with van der Waals surface area (Å²) < 4.78 is 0. The molecular weight excluding hydrogens is 184 g/mol. The highest BCUT2D eigenvalue weighted by Crippen LogP contribution is 2.28. The normalized spacial score (nSPS) is 24.5. The summed E-state index contributed by atoms with van der Waals surface area (Å²) in [6.07, 6.45) is 7.40. The molecule has 1 aliphatic rings. The van der Waals surface area contributed by atoms with Crippen LogP contribution in [0.5, 0.6) is 0 Å². The molecule has 1 N–H and O–H groups in total. The van der Waals surface area contributed by atoms with Crippen molar-refractivity contribution in [2.45, 2.75) is 25.9 Å². The fourth-order valence-corrected chi connectivity index (χ4v) is 2.02. The van der Waals surface area contributed by atoms with Gasteiger partial charge in [-0.15, -0.1) is 0 Å². The molecule has 1 aliphatic carbocycles. The predicted molar refractivity (Wildman–Crippen MR) is 62.9 cm³/mol. The fourth-order valence-electron chi connectivity index (χ4n) is 2.02. The van der Waals surface area contributed by atoms with E-state index in [9.17, 15) is 5.11 Å². The van der Waals surface area contributed by atoms with Crippen LogP contribution in [0.4, 0.5) is 0 Å². The monoisotopic (exact) mass is 200 g/mol. The van der Waals surface area contributed by atoms with Gasteiger partial charge in [0.25, 0.3) is 0 Å². The SMILES string of the molecule is Cc1cccc(C2C=CC=CC2O)c1C. The molecule has 0 bridgehead atoms. The Morgan fingerprint density at radius 3 is 2.53 bits per heavy atom. The molecular formula is C14H16O. The fraction of sp³-hybridized carbons (Fsp3) is 0.286. The van der Waals surface area contributed by atoms with Crippen LogP contribution < -0.4 is 0 Å². The molecule has 0 amide bonds. The van der Waals surface area contributed by atoms with Crippen LogP contribution in [0.25, 0.3) is 0 Å². The summed E-state index contributed by atoms with van der Waals surface area (Å²) >= 11 is 0. The number of aliphatic hydroxyl groups excluding tert-OH is 1. The first-order chi connectivity index (χ1) is 7.20. The molecule has 1 nitrogen and oxygen atoms in total. The summed E-state index contributed by atoms with van der Waals surface area (Å²) in [5, 5.41) is 9.90. The topological polar surface area (TPSA) is 20.2 Å². The third-order valence-corrected chi connectivity index (χ3v) is 3.11. The molecule has 0 aliphatic heterocycles. The van der Waals surface area contributed by atoms with Gasteiger partial charge in [0.15, 0.2) is 0 Å². The van der Waals surface area contributed by atoms with Crippen LogP contribution in [0, 0.1) is 13.8 Å². The molecule has 0 spiro atoms.